The Morgan fingerprint density at radius 3 is 2.48 bits per heavy atom. The molecule has 1 aliphatic carbocycles. The predicted octanol–water partition coefficient (Wildman–Crippen LogP) is 1.86. The molecule has 0 radical (unpaired) electrons. The van der Waals surface area contributed by atoms with Gasteiger partial charge in [-0.05, 0) is 25.0 Å². The Hall–Kier alpha value is -1.60. The highest BCUT2D eigenvalue weighted by molar-refractivity contribution is 7.89. The standard InChI is InChI=1S/C14H20N2O4S/c1-14(7-3-4-8-14)13(17)16-10-5-6-12(21(15,18)19)11(9-10)20-2/h5-6,9H,3-4,7-8H2,1-2H3,(H,16,17)(H2,15,18,19). The van der Waals surface area contributed by atoms with Crippen LogP contribution in [0.25, 0.3) is 0 Å². The zero-order valence-corrected chi connectivity index (χ0v) is 13.0. The quantitative estimate of drug-likeness (QED) is 0.886. The molecule has 0 unspecified atom stereocenters. The number of carbonyl (C=O) groups is 1. The summed E-state index contributed by atoms with van der Waals surface area (Å²) < 4.78 is 27.9. The van der Waals surface area contributed by atoms with Gasteiger partial charge in [-0.15, -0.1) is 0 Å². The first-order valence-corrected chi connectivity index (χ1v) is 8.33. The van der Waals surface area contributed by atoms with E-state index in [0.717, 1.165) is 25.7 Å². The van der Waals surface area contributed by atoms with Gasteiger partial charge in [0.2, 0.25) is 15.9 Å². The van der Waals surface area contributed by atoms with Gasteiger partial charge in [0, 0.05) is 17.2 Å². The molecule has 7 heteroatoms. The first-order valence-electron chi connectivity index (χ1n) is 6.78. The lowest BCUT2D eigenvalue weighted by Crippen LogP contribution is -2.30. The van der Waals surface area contributed by atoms with Crippen LogP contribution in [0, 0.1) is 5.41 Å². The third kappa shape index (κ3) is 3.36. The van der Waals surface area contributed by atoms with Crippen LogP contribution in [0.15, 0.2) is 23.1 Å². The number of ether oxygens (including phenoxy) is 1. The molecule has 0 bridgehead atoms. The molecule has 1 saturated carbocycles. The molecular formula is C14H20N2O4S. The Balaban J connectivity index is 2.24. The van der Waals surface area contributed by atoms with Crippen molar-refractivity contribution < 1.29 is 17.9 Å². The number of sulfonamides is 1. The number of benzene rings is 1. The van der Waals surface area contributed by atoms with Gasteiger partial charge in [-0.2, -0.15) is 0 Å². The number of anilines is 1. The monoisotopic (exact) mass is 312 g/mol. The van der Waals surface area contributed by atoms with Gasteiger partial charge in [0.15, 0.2) is 0 Å². The zero-order valence-electron chi connectivity index (χ0n) is 12.2. The molecule has 1 fully saturated rings. The minimum atomic E-state index is -3.86. The van der Waals surface area contributed by atoms with Gasteiger partial charge in [-0.25, -0.2) is 13.6 Å². The number of hydrogen-bond acceptors (Lipinski definition) is 4. The molecule has 0 atom stereocenters. The fourth-order valence-electron chi connectivity index (χ4n) is 2.64. The lowest BCUT2D eigenvalue weighted by molar-refractivity contribution is -0.124. The minimum absolute atomic E-state index is 0.0505. The van der Waals surface area contributed by atoms with Gasteiger partial charge in [-0.3, -0.25) is 4.79 Å². The molecule has 0 aromatic heterocycles. The van der Waals surface area contributed by atoms with Gasteiger partial charge < -0.3 is 10.1 Å². The molecule has 0 saturated heterocycles. The van der Waals surface area contributed by atoms with E-state index in [9.17, 15) is 13.2 Å². The summed E-state index contributed by atoms with van der Waals surface area (Å²) in [6, 6.07) is 4.31. The largest absolute Gasteiger partial charge is 0.495 e. The van der Waals surface area contributed by atoms with E-state index in [0.29, 0.717) is 5.69 Å². The first-order chi connectivity index (χ1) is 9.76. The van der Waals surface area contributed by atoms with E-state index < -0.39 is 10.0 Å². The molecule has 6 nitrogen and oxygen atoms in total. The Morgan fingerprint density at radius 1 is 1.33 bits per heavy atom. The molecule has 3 N–H and O–H groups in total. The van der Waals surface area contributed by atoms with Crippen molar-refractivity contribution >= 4 is 21.6 Å². The molecule has 1 aliphatic rings. The summed E-state index contributed by atoms with van der Waals surface area (Å²) in [6.07, 6.45) is 3.84. The molecule has 1 aromatic carbocycles. The van der Waals surface area contributed by atoms with Crippen LogP contribution >= 0.6 is 0 Å². The van der Waals surface area contributed by atoms with Crippen molar-refractivity contribution in [2.45, 2.75) is 37.5 Å². The van der Waals surface area contributed by atoms with E-state index in [1.54, 1.807) is 0 Å². The van der Waals surface area contributed by atoms with Crippen LogP contribution in [0.4, 0.5) is 5.69 Å². The average Bonchev–Trinajstić information content (AvgIpc) is 2.85. The number of carbonyl (C=O) groups excluding carboxylic acids is 1. The number of amides is 1. The topological polar surface area (TPSA) is 98.5 Å². The summed E-state index contributed by atoms with van der Waals surface area (Å²) in [6.45, 7) is 1.95. The molecule has 0 spiro atoms. The number of nitrogens with two attached hydrogens (primary N) is 1. The molecule has 2 rings (SSSR count). The van der Waals surface area contributed by atoms with Crippen LogP contribution in [0.3, 0.4) is 0 Å². The number of methoxy groups -OCH3 is 1. The van der Waals surface area contributed by atoms with Crippen LogP contribution in [0.1, 0.15) is 32.6 Å². The van der Waals surface area contributed by atoms with Gasteiger partial charge in [0.05, 0.1) is 7.11 Å². The molecule has 0 heterocycles. The molecule has 1 aromatic rings. The summed E-state index contributed by atoms with van der Waals surface area (Å²) in [5.41, 5.74) is 0.142. The number of nitrogens with one attached hydrogen (secondary N) is 1. The SMILES string of the molecule is COc1cc(NC(=O)C2(C)CCCC2)ccc1S(N)(=O)=O. The lowest BCUT2D eigenvalue weighted by Gasteiger charge is -2.22. The Bertz CT molecular complexity index is 649. The second-order valence-electron chi connectivity index (χ2n) is 5.63. The van der Waals surface area contributed by atoms with Crippen LogP contribution in [0.2, 0.25) is 0 Å². The first kappa shape index (κ1) is 15.8. The van der Waals surface area contributed by atoms with Gasteiger partial charge in [0.25, 0.3) is 0 Å². The smallest absolute Gasteiger partial charge is 0.241 e. The van der Waals surface area contributed by atoms with Crippen molar-refractivity contribution in [2.75, 3.05) is 12.4 Å². The van der Waals surface area contributed by atoms with E-state index >= 15 is 0 Å². The lowest BCUT2D eigenvalue weighted by atomic mass is 9.88. The van der Waals surface area contributed by atoms with Crippen LogP contribution in [-0.4, -0.2) is 21.4 Å². The fourth-order valence-corrected chi connectivity index (χ4v) is 3.33. The summed E-state index contributed by atoms with van der Waals surface area (Å²) in [5.74, 6) is 0.0669. The number of rotatable bonds is 4. The van der Waals surface area contributed by atoms with Crippen molar-refractivity contribution in [2.24, 2.45) is 10.6 Å². The summed E-state index contributed by atoms with van der Waals surface area (Å²) in [5, 5.41) is 7.93. The Morgan fingerprint density at radius 2 is 1.95 bits per heavy atom. The Kier molecular flexibility index (Phi) is 4.25. The van der Waals surface area contributed by atoms with E-state index in [1.165, 1.54) is 25.3 Å². The van der Waals surface area contributed by atoms with Crippen LogP contribution in [0.5, 0.6) is 5.75 Å². The van der Waals surface area contributed by atoms with Crippen molar-refractivity contribution in [3.63, 3.8) is 0 Å². The van der Waals surface area contributed by atoms with Gasteiger partial charge in [-0.1, -0.05) is 19.8 Å². The van der Waals surface area contributed by atoms with Crippen LogP contribution < -0.4 is 15.2 Å². The molecule has 0 aliphatic heterocycles. The van der Waals surface area contributed by atoms with E-state index in [-0.39, 0.29) is 22.0 Å². The number of primary sulfonamides is 1. The van der Waals surface area contributed by atoms with Crippen molar-refractivity contribution in [1.82, 2.24) is 0 Å². The molecule has 21 heavy (non-hydrogen) atoms. The van der Waals surface area contributed by atoms with E-state index in [2.05, 4.69) is 5.32 Å². The zero-order chi connectivity index (χ0) is 15.7. The highest BCUT2D eigenvalue weighted by atomic mass is 32.2. The van der Waals surface area contributed by atoms with Crippen molar-refractivity contribution in [3.05, 3.63) is 18.2 Å². The average molecular weight is 312 g/mol. The fraction of sp³-hybridized carbons (Fsp3) is 0.500. The minimum Gasteiger partial charge on any atom is -0.495 e. The summed E-state index contributed by atoms with van der Waals surface area (Å²) in [4.78, 5) is 12.2. The second kappa shape index (κ2) is 5.65. The maximum atomic E-state index is 12.3. The van der Waals surface area contributed by atoms with Gasteiger partial charge in [0.1, 0.15) is 10.6 Å². The second-order valence-corrected chi connectivity index (χ2v) is 7.16. The summed E-state index contributed by atoms with van der Waals surface area (Å²) in [7, 11) is -2.50. The normalized spacial score (nSPS) is 17.5. The van der Waals surface area contributed by atoms with Crippen molar-refractivity contribution in [1.29, 1.82) is 0 Å². The predicted molar refractivity (Wildman–Crippen MR) is 79.6 cm³/mol. The third-order valence-electron chi connectivity index (χ3n) is 3.98. The molecule has 1 amide bonds. The van der Waals surface area contributed by atoms with Crippen LogP contribution in [-0.2, 0) is 14.8 Å². The number of hydrogen-bond donors (Lipinski definition) is 2. The summed E-state index contributed by atoms with van der Waals surface area (Å²) >= 11 is 0. The maximum absolute atomic E-state index is 12.3. The Labute approximate surface area is 124 Å². The third-order valence-corrected chi connectivity index (χ3v) is 4.93. The van der Waals surface area contributed by atoms with Gasteiger partial charge >= 0.3 is 0 Å². The van der Waals surface area contributed by atoms with E-state index in [4.69, 9.17) is 9.88 Å². The highest BCUT2D eigenvalue weighted by Crippen LogP contribution is 2.38. The highest BCUT2D eigenvalue weighted by Gasteiger charge is 2.36. The van der Waals surface area contributed by atoms with E-state index in [1.807, 2.05) is 6.92 Å². The maximum Gasteiger partial charge on any atom is 0.241 e. The van der Waals surface area contributed by atoms with Crippen molar-refractivity contribution in [3.8, 4) is 5.75 Å². The molecular weight excluding hydrogens is 292 g/mol. The molecule has 116 valence electrons.